The average molecular weight is 523 g/mol. The monoisotopic (exact) mass is 522 g/mol. The maximum atomic E-state index is 13.1. The molecule has 36 heavy (non-hydrogen) atoms. The molecule has 0 unspecified atom stereocenters. The Morgan fingerprint density at radius 1 is 1.08 bits per heavy atom. The Hall–Kier alpha value is -2.59. The van der Waals surface area contributed by atoms with Gasteiger partial charge in [-0.25, -0.2) is 14.8 Å². The highest BCUT2D eigenvalue weighted by Crippen LogP contribution is 2.48. The Bertz CT molecular complexity index is 1070. The Kier molecular flexibility index (Phi) is 6.53. The Morgan fingerprint density at radius 2 is 1.67 bits per heavy atom. The second-order valence-corrected chi connectivity index (χ2v) is 11.0. The summed E-state index contributed by atoms with van der Waals surface area (Å²) in [4.78, 5) is 27.0. The third kappa shape index (κ3) is 5.11. The van der Waals surface area contributed by atoms with Crippen molar-refractivity contribution in [2.75, 3.05) is 31.1 Å². The van der Waals surface area contributed by atoms with Crippen molar-refractivity contribution >= 4 is 23.6 Å². The number of hydrogen-bond donors (Lipinski definition) is 1. The van der Waals surface area contributed by atoms with Crippen molar-refractivity contribution in [3.63, 3.8) is 0 Å². The van der Waals surface area contributed by atoms with E-state index in [1.165, 1.54) is 5.56 Å². The summed E-state index contributed by atoms with van der Waals surface area (Å²) < 4.78 is 38.4. The number of hydrogen-bond acceptors (Lipinski definition) is 5. The largest absolute Gasteiger partial charge is 0.419 e. The lowest BCUT2D eigenvalue weighted by atomic mass is 9.60. The van der Waals surface area contributed by atoms with Gasteiger partial charge in [0.2, 0.25) is 5.95 Å². The number of urea groups is 1. The fourth-order valence-corrected chi connectivity index (χ4v) is 6.10. The minimum Gasteiger partial charge on any atom is -0.337 e. The van der Waals surface area contributed by atoms with Gasteiger partial charge in [0.15, 0.2) is 0 Å². The predicted octanol–water partition coefficient (Wildman–Crippen LogP) is 4.42. The van der Waals surface area contributed by atoms with Crippen molar-refractivity contribution in [2.24, 2.45) is 5.41 Å². The van der Waals surface area contributed by atoms with Gasteiger partial charge in [-0.15, -0.1) is 0 Å². The molecule has 1 aliphatic carbocycles. The van der Waals surface area contributed by atoms with Gasteiger partial charge < -0.3 is 15.1 Å². The summed E-state index contributed by atoms with van der Waals surface area (Å²) in [5.74, 6) is 0.246. The highest BCUT2D eigenvalue weighted by atomic mass is 35.5. The van der Waals surface area contributed by atoms with E-state index in [1.54, 1.807) is 0 Å². The van der Waals surface area contributed by atoms with Gasteiger partial charge in [-0.05, 0) is 49.8 Å². The molecule has 11 heteroatoms. The SMILES string of the molecule is C[C@@H]1CN(c2ncc(C(F)(F)F)cn2)C[C@@H](C)N1C(=O)NC1CC2(C1)CN(Cc1ccc(Cl)cc1)C2. The molecule has 2 atom stereocenters. The lowest BCUT2D eigenvalue weighted by Crippen LogP contribution is -2.68. The van der Waals surface area contributed by atoms with Crippen LogP contribution in [0.4, 0.5) is 23.9 Å². The van der Waals surface area contributed by atoms with Crippen molar-refractivity contribution < 1.29 is 18.0 Å². The first kappa shape index (κ1) is 25.1. The summed E-state index contributed by atoms with van der Waals surface area (Å²) in [5, 5.41) is 3.94. The number of aromatic nitrogens is 2. The molecule has 2 saturated heterocycles. The molecule has 194 valence electrons. The second-order valence-electron chi connectivity index (χ2n) is 10.6. The molecule has 1 aromatic heterocycles. The van der Waals surface area contributed by atoms with Crippen molar-refractivity contribution in [1.82, 2.24) is 25.1 Å². The molecule has 1 N–H and O–H groups in total. The molecule has 3 heterocycles. The standard InChI is InChI=1S/C25H30ClF3N6O/c1-16-11-34(22-30-9-19(10-31-22)25(27,28)29)12-17(2)35(16)23(36)32-21-7-24(8-21)14-33(15-24)13-18-3-5-20(26)6-4-18/h3-6,9-10,16-17,21H,7-8,11-15H2,1-2H3,(H,32,36)/t16-,17-/m1/s1. The van der Waals surface area contributed by atoms with Crippen LogP contribution < -0.4 is 10.2 Å². The number of piperazine rings is 1. The van der Waals surface area contributed by atoms with E-state index in [1.807, 2.05) is 35.8 Å². The van der Waals surface area contributed by atoms with Crippen LogP contribution in [0.5, 0.6) is 0 Å². The number of carbonyl (C=O) groups is 1. The maximum Gasteiger partial charge on any atom is 0.419 e. The van der Waals surface area contributed by atoms with Gasteiger partial charge in [0.1, 0.15) is 0 Å². The third-order valence-corrected chi connectivity index (χ3v) is 7.78. The molecular weight excluding hydrogens is 493 g/mol. The van der Waals surface area contributed by atoms with E-state index in [0.29, 0.717) is 18.5 Å². The number of nitrogens with zero attached hydrogens (tertiary/aromatic N) is 5. The van der Waals surface area contributed by atoms with E-state index in [0.717, 1.165) is 49.9 Å². The fraction of sp³-hybridized carbons (Fsp3) is 0.560. The Balaban J connectivity index is 1.09. The maximum absolute atomic E-state index is 13.1. The van der Waals surface area contributed by atoms with Crippen LogP contribution in [0, 0.1) is 5.41 Å². The van der Waals surface area contributed by atoms with Gasteiger partial charge in [-0.1, -0.05) is 23.7 Å². The van der Waals surface area contributed by atoms with Crippen LogP contribution in [-0.2, 0) is 12.7 Å². The quantitative estimate of drug-likeness (QED) is 0.644. The van der Waals surface area contributed by atoms with Crippen LogP contribution in [0.3, 0.4) is 0 Å². The van der Waals surface area contributed by atoms with E-state index >= 15 is 0 Å². The zero-order chi connectivity index (χ0) is 25.7. The van der Waals surface area contributed by atoms with Gasteiger partial charge in [-0.2, -0.15) is 13.2 Å². The first-order chi connectivity index (χ1) is 17.0. The van der Waals surface area contributed by atoms with E-state index in [9.17, 15) is 18.0 Å². The second kappa shape index (κ2) is 9.37. The number of alkyl halides is 3. The van der Waals surface area contributed by atoms with Gasteiger partial charge in [0, 0.05) is 68.3 Å². The van der Waals surface area contributed by atoms with Crippen LogP contribution in [0.2, 0.25) is 5.02 Å². The predicted molar refractivity (Wildman–Crippen MR) is 131 cm³/mol. The van der Waals surface area contributed by atoms with Gasteiger partial charge in [0.05, 0.1) is 5.56 Å². The summed E-state index contributed by atoms with van der Waals surface area (Å²) in [6.45, 7) is 7.79. The first-order valence-corrected chi connectivity index (χ1v) is 12.6. The molecule has 1 saturated carbocycles. The highest BCUT2D eigenvalue weighted by Gasteiger charge is 2.52. The molecule has 1 aromatic carbocycles. The number of likely N-dealkylation sites (tertiary alicyclic amines) is 1. The van der Waals surface area contributed by atoms with E-state index < -0.39 is 11.7 Å². The Morgan fingerprint density at radius 3 is 2.22 bits per heavy atom. The summed E-state index contributed by atoms with van der Waals surface area (Å²) in [6, 6.07) is 7.77. The van der Waals surface area contributed by atoms with Crippen LogP contribution in [-0.4, -0.2) is 70.1 Å². The molecular formula is C25H30ClF3N6O. The van der Waals surface area contributed by atoms with Crippen LogP contribution in [0.25, 0.3) is 0 Å². The summed E-state index contributed by atoms with van der Waals surface area (Å²) in [6.07, 6.45) is -0.888. The number of anilines is 1. The average Bonchev–Trinajstić information content (AvgIpc) is 2.76. The topological polar surface area (TPSA) is 64.6 Å². The normalized spacial score (nSPS) is 24.4. The first-order valence-electron chi connectivity index (χ1n) is 12.2. The van der Waals surface area contributed by atoms with Crippen LogP contribution in [0.1, 0.15) is 37.8 Å². The number of halogens is 4. The van der Waals surface area contributed by atoms with Gasteiger partial charge in [-0.3, -0.25) is 4.90 Å². The van der Waals surface area contributed by atoms with Crippen molar-refractivity contribution in [1.29, 1.82) is 0 Å². The third-order valence-electron chi connectivity index (χ3n) is 7.53. The number of benzene rings is 1. The molecule has 0 bridgehead atoms. The molecule has 2 amide bonds. The van der Waals surface area contributed by atoms with Crippen molar-refractivity contribution in [3.8, 4) is 0 Å². The van der Waals surface area contributed by atoms with Crippen LogP contribution in [0.15, 0.2) is 36.7 Å². The number of rotatable bonds is 4. The highest BCUT2D eigenvalue weighted by molar-refractivity contribution is 6.30. The summed E-state index contributed by atoms with van der Waals surface area (Å²) >= 11 is 5.96. The number of carbonyl (C=O) groups excluding carboxylic acids is 1. The fourth-order valence-electron chi connectivity index (χ4n) is 5.97. The van der Waals surface area contributed by atoms with Gasteiger partial charge in [0.25, 0.3) is 0 Å². The van der Waals surface area contributed by atoms with Crippen molar-refractivity contribution in [3.05, 3.63) is 52.8 Å². The molecule has 5 rings (SSSR count). The lowest BCUT2D eigenvalue weighted by Gasteiger charge is -2.59. The minimum absolute atomic E-state index is 0.0832. The van der Waals surface area contributed by atoms with Gasteiger partial charge >= 0.3 is 12.2 Å². The van der Waals surface area contributed by atoms with E-state index in [-0.39, 0.29) is 30.1 Å². The molecule has 3 fully saturated rings. The number of amides is 2. The molecule has 7 nitrogen and oxygen atoms in total. The smallest absolute Gasteiger partial charge is 0.337 e. The zero-order valence-electron chi connectivity index (χ0n) is 20.3. The molecule has 2 aromatic rings. The number of nitrogens with one attached hydrogen (secondary N) is 1. The molecule has 1 spiro atoms. The minimum atomic E-state index is -4.47. The summed E-state index contributed by atoms with van der Waals surface area (Å²) in [7, 11) is 0. The summed E-state index contributed by atoms with van der Waals surface area (Å²) in [5.41, 5.74) is 0.686. The molecule has 3 aliphatic rings. The van der Waals surface area contributed by atoms with E-state index in [2.05, 4.69) is 32.3 Å². The van der Waals surface area contributed by atoms with Crippen molar-refractivity contribution in [2.45, 2.75) is 57.5 Å². The molecule has 0 radical (unpaired) electrons. The van der Waals surface area contributed by atoms with Crippen LogP contribution >= 0.6 is 11.6 Å². The Labute approximate surface area is 213 Å². The lowest BCUT2D eigenvalue weighted by molar-refractivity contribution is -0.138. The zero-order valence-corrected chi connectivity index (χ0v) is 21.1. The molecule has 2 aliphatic heterocycles. The van der Waals surface area contributed by atoms with E-state index in [4.69, 9.17) is 11.6 Å².